The lowest BCUT2D eigenvalue weighted by Crippen LogP contribution is -3.12. The predicted molar refractivity (Wildman–Crippen MR) is 105 cm³/mol. The van der Waals surface area contributed by atoms with Crippen LogP contribution in [0.4, 0.5) is 0 Å². The van der Waals surface area contributed by atoms with Crippen LogP contribution in [0.1, 0.15) is 37.9 Å². The molecule has 2 atom stereocenters. The van der Waals surface area contributed by atoms with Crippen LogP contribution in [0.5, 0.6) is 0 Å². The average Bonchev–Trinajstić information content (AvgIpc) is 2.61. The number of benzene rings is 2. The number of rotatable bonds is 3. The van der Waals surface area contributed by atoms with E-state index in [1.807, 2.05) is 42.5 Å². The van der Waals surface area contributed by atoms with Crippen molar-refractivity contribution >= 4 is 10.0 Å². The van der Waals surface area contributed by atoms with Gasteiger partial charge in [0.05, 0.1) is 37.6 Å². The second-order valence-electron chi connectivity index (χ2n) is 8.23. The number of sulfonamides is 1. The van der Waals surface area contributed by atoms with Gasteiger partial charge in [-0.15, -0.1) is 0 Å². The zero-order chi connectivity index (χ0) is 18.9. The second-order valence-corrected chi connectivity index (χ2v) is 10.1. The van der Waals surface area contributed by atoms with E-state index >= 15 is 0 Å². The maximum Gasteiger partial charge on any atom is 0.244 e. The Morgan fingerprint density at radius 3 is 2.19 bits per heavy atom. The van der Waals surface area contributed by atoms with Gasteiger partial charge < -0.3 is 4.90 Å². The molecule has 0 spiro atoms. The molecule has 0 radical (unpaired) electrons. The molecule has 1 N–H and O–H groups in total. The van der Waals surface area contributed by atoms with Crippen molar-refractivity contribution in [1.82, 2.24) is 4.31 Å². The van der Waals surface area contributed by atoms with Crippen LogP contribution in [0.3, 0.4) is 0 Å². The summed E-state index contributed by atoms with van der Waals surface area (Å²) in [6.45, 7) is 8.53. The Kier molecular flexibility index (Phi) is 5.24. The van der Waals surface area contributed by atoms with Crippen molar-refractivity contribution in [2.24, 2.45) is 0 Å². The summed E-state index contributed by atoms with van der Waals surface area (Å²) in [6, 6.07) is 17.2. The van der Waals surface area contributed by atoms with Gasteiger partial charge in [0, 0.05) is 0 Å². The first-order valence-electron chi connectivity index (χ1n) is 9.18. The highest BCUT2D eigenvalue weighted by atomic mass is 32.2. The molecular formula is C21H29N2O2S+. The van der Waals surface area contributed by atoms with Gasteiger partial charge in [-0.05, 0) is 28.7 Å². The third-order valence-corrected chi connectivity index (χ3v) is 7.08. The summed E-state index contributed by atoms with van der Waals surface area (Å²) in [5, 5.41) is 0. The summed E-state index contributed by atoms with van der Waals surface area (Å²) in [4.78, 5) is 1.74. The highest BCUT2D eigenvalue weighted by Gasteiger charge is 2.38. The van der Waals surface area contributed by atoms with Crippen LogP contribution in [-0.2, 0) is 15.4 Å². The number of nitrogens with zero attached hydrogens (tertiary/aromatic N) is 1. The Morgan fingerprint density at radius 1 is 1.00 bits per heavy atom. The van der Waals surface area contributed by atoms with Crippen molar-refractivity contribution in [1.29, 1.82) is 0 Å². The summed E-state index contributed by atoms with van der Waals surface area (Å²) < 4.78 is 28.4. The lowest BCUT2D eigenvalue weighted by atomic mass is 9.87. The molecule has 0 saturated carbocycles. The highest BCUT2D eigenvalue weighted by molar-refractivity contribution is 7.89. The predicted octanol–water partition coefficient (Wildman–Crippen LogP) is 2.24. The first kappa shape index (κ1) is 19.1. The largest absolute Gasteiger partial charge is 0.335 e. The van der Waals surface area contributed by atoms with Crippen molar-refractivity contribution < 1.29 is 13.3 Å². The SMILES string of the molecule is C[NH+]1CCN(S(=O)(=O)c2ccc(C(C)(C)C)cc2)[C@@H](c2ccccc2)C1. The number of likely N-dealkylation sites (N-methyl/N-ethyl adjacent to an activating group) is 1. The smallest absolute Gasteiger partial charge is 0.244 e. The molecule has 140 valence electrons. The van der Waals surface area contributed by atoms with E-state index in [2.05, 4.69) is 27.8 Å². The topological polar surface area (TPSA) is 41.8 Å². The summed E-state index contributed by atoms with van der Waals surface area (Å²) >= 11 is 0. The molecule has 1 fully saturated rings. The lowest BCUT2D eigenvalue weighted by molar-refractivity contribution is -0.887. The van der Waals surface area contributed by atoms with Crippen molar-refractivity contribution in [3.05, 3.63) is 65.7 Å². The van der Waals surface area contributed by atoms with Crippen molar-refractivity contribution in [3.8, 4) is 0 Å². The molecule has 1 aliphatic heterocycles. The molecule has 1 saturated heterocycles. The maximum atomic E-state index is 13.4. The van der Waals surface area contributed by atoms with Crippen LogP contribution in [0, 0.1) is 0 Å². The summed E-state index contributed by atoms with van der Waals surface area (Å²) in [7, 11) is -1.40. The van der Waals surface area contributed by atoms with E-state index in [-0.39, 0.29) is 11.5 Å². The van der Waals surface area contributed by atoms with Gasteiger partial charge in [0.1, 0.15) is 0 Å². The zero-order valence-corrected chi connectivity index (χ0v) is 16.9. The quantitative estimate of drug-likeness (QED) is 0.897. The molecule has 0 bridgehead atoms. The van der Waals surface area contributed by atoms with E-state index in [9.17, 15) is 8.42 Å². The Hall–Kier alpha value is -1.69. The van der Waals surface area contributed by atoms with Gasteiger partial charge in [-0.1, -0.05) is 63.2 Å². The van der Waals surface area contributed by atoms with Crippen LogP contribution in [-0.4, -0.2) is 39.4 Å². The van der Waals surface area contributed by atoms with Crippen LogP contribution < -0.4 is 4.90 Å². The molecule has 0 aromatic heterocycles. The van der Waals surface area contributed by atoms with Crippen molar-refractivity contribution in [3.63, 3.8) is 0 Å². The minimum Gasteiger partial charge on any atom is -0.335 e. The zero-order valence-electron chi connectivity index (χ0n) is 16.1. The highest BCUT2D eigenvalue weighted by Crippen LogP contribution is 2.29. The number of piperazine rings is 1. The summed E-state index contributed by atoms with van der Waals surface area (Å²) in [5.74, 6) is 0. The molecule has 4 nitrogen and oxygen atoms in total. The fourth-order valence-electron chi connectivity index (χ4n) is 3.50. The van der Waals surface area contributed by atoms with Crippen LogP contribution in [0.25, 0.3) is 0 Å². The fraction of sp³-hybridized carbons (Fsp3) is 0.429. The normalized spacial score (nSPS) is 22.3. The monoisotopic (exact) mass is 373 g/mol. The minimum absolute atomic E-state index is 0.00601. The molecule has 0 amide bonds. The molecule has 1 aliphatic rings. The molecule has 0 aliphatic carbocycles. The van der Waals surface area contributed by atoms with Gasteiger partial charge in [0.2, 0.25) is 10.0 Å². The molecular weight excluding hydrogens is 344 g/mol. The van der Waals surface area contributed by atoms with Gasteiger partial charge in [0.25, 0.3) is 0 Å². The Balaban J connectivity index is 1.96. The minimum atomic E-state index is -3.53. The third-order valence-electron chi connectivity index (χ3n) is 5.16. The fourth-order valence-corrected chi connectivity index (χ4v) is 5.11. The molecule has 2 aromatic carbocycles. The van der Waals surface area contributed by atoms with Crippen LogP contribution >= 0.6 is 0 Å². The number of hydrogen-bond acceptors (Lipinski definition) is 2. The lowest BCUT2D eigenvalue weighted by Gasteiger charge is -2.37. The number of quaternary nitrogens is 1. The Morgan fingerprint density at radius 2 is 1.62 bits per heavy atom. The Labute approximate surface area is 157 Å². The van der Waals surface area contributed by atoms with Gasteiger partial charge in [-0.2, -0.15) is 4.31 Å². The van der Waals surface area contributed by atoms with Gasteiger partial charge in [0.15, 0.2) is 0 Å². The van der Waals surface area contributed by atoms with E-state index in [4.69, 9.17) is 0 Å². The van der Waals surface area contributed by atoms with Crippen molar-refractivity contribution in [2.75, 3.05) is 26.7 Å². The molecule has 5 heteroatoms. The van der Waals surface area contributed by atoms with E-state index in [0.717, 1.165) is 24.2 Å². The first-order chi connectivity index (χ1) is 12.2. The standard InChI is InChI=1S/C21H28N2O2S/c1-21(2,3)18-10-12-19(13-11-18)26(24,25)23-15-14-22(4)16-20(23)17-8-6-5-7-9-17/h5-13,20H,14-16H2,1-4H3/p+1/t20-/m1/s1. The van der Waals surface area contributed by atoms with Gasteiger partial charge >= 0.3 is 0 Å². The average molecular weight is 374 g/mol. The number of hydrogen-bond donors (Lipinski definition) is 1. The second kappa shape index (κ2) is 7.14. The van der Waals surface area contributed by atoms with Crippen LogP contribution in [0.2, 0.25) is 0 Å². The van der Waals surface area contributed by atoms with Crippen molar-refractivity contribution in [2.45, 2.75) is 37.1 Å². The number of nitrogens with one attached hydrogen (secondary N) is 1. The van der Waals surface area contributed by atoms with Gasteiger partial charge in [-0.3, -0.25) is 0 Å². The third kappa shape index (κ3) is 3.85. The van der Waals surface area contributed by atoms with E-state index in [1.54, 1.807) is 16.4 Å². The first-order valence-corrected chi connectivity index (χ1v) is 10.6. The van der Waals surface area contributed by atoms with Gasteiger partial charge in [-0.25, -0.2) is 8.42 Å². The van der Waals surface area contributed by atoms with E-state index in [0.29, 0.717) is 11.4 Å². The molecule has 26 heavy (non-hydrogen) atoms. The summed E-state index contributed by atoms with van der Waals surface area (Å²) in [6.07, 6.45) is 0. The van der Waals surface area contributed by atoms with E-state index < -0.39 is 10.0 Å². The molecule has 1 unspecified atom stereocenters. The molecule has 1 heterocycles. The summed E-state index contributed by atoms with van der Waals surface area (Å²) in [5.41, 5.74) is 2.20. The van der Waals surface area contributed by atoms with Crippen LogP contribution in [0.15, 0.2) is 59.5 Å². The maximum absolute atomic E-state index is 13.4. The molecule has 2 aromatic rings. The van der Waals surface area contributed by atoms with E-state index in [1.165, 1.54) is 4.90 Å². The Bertz CT molecular complexity index is 840. The molecule has 3 rings (SSSR count).